The Labute approximate surface area is 88.7 Å². The number of nitrogens with zero attached hydrogens (tertiary/aromatic N) is 3. The molecule has 0 aliphatic heterocycles. The Hall–Kier alpha value is -1.76. The number of hydrogen-bond acceptors (Lipinski definition) is 6. The molecule has 15 heavy (non-hydrogen) atoms. The fourth-order valence-corrected chi connectivity index (χ4v) is 1.41. The van der Waals surface area contributed by atoms with Crippen LogP contribution in [0.3, 0.4) is 0 Å². The lowest BCUT2D eigenvalue weighted by Crippen LogP contribution is -1.99. The molecule has 0 aliphatic rings. The van der Waals surface area contributed by atoms with Crippen molar-refractivity contribution < 1.29 is 9.13 Å². The predicted octanol–water partition coefficient (Wildman–Crippen LogP) is 1.23. The van der Waals surface area contributed by atoms with Gasteiger partial charge in [-0.3, -0.25) is 0 Å². The van der Waals surface area contributed by atoms with Crippen LogP contribution in [0.1, 0.15) is 5.69 Å². The molecule has 0 fully saturated rings. The summed E-state index contributed by atoms with van der Waals surface area (Å²) >= 11 is 1.12. The zero-order valence-corrected chi connectivity index (χ0v) is 8.37. The Bertz CT molecular complexity index is 461. The summed E-state index contributed by atoms with van der Waals surface area (Å²) in [5, 5.41) is 7.90. The Morgan fingerprint density at radius 1 is 1.40 bits per heavy atom. The van der Waals surface area contributed by atoms with Gasteiger partial charge in [0.15, 0.2) is 0 Å². The summed E-state index contributed by atoms with van der Waals surface area (Å²) in [6.45, 7) is 0.145. The molecule has 78 valence electrons. The largest absolute Gasteiger partial charge is 0.462 e. The molecule has 0 aromatic carbocycles. The van der Waals surface area contributed by atoms with E-state index in [2.05, 4.69) is 15.2 Å². The average Bonchev–Trinajstić information content (AvgIpc) is 2.62. The van der Waals surface area contributed by atoms with Crippen molar-refractivity contribution >= 4 is 16.5 Å². The maximum atomic E-state index is 12.7. The standard InChI is InChI=1S/C8H7FN4OS/c9-6-3-1-2-5(11-6)4-14-8-13-12-7(10)15-8/h1-3H,4H2,(H2,10,12). The first-order chi connectivity index (χ1) is 7.24. The van der Waals surface area contributed by atoms with Gasteiger partial charge < -0.3 is 10.5 Å². The summed E-state index contributed by atoms with van der Waals surface area (Å²) in [6.07, 6.45) is 0. The molecule has 0 aliphatic carbocycles. The van der Waals surface area contributed by atoms with Crippen molar-refractivity contribution in [2.45, 2.75) is 6.61 Å². The lowest BCUT2D eigenvalue weighted by Gasteiger charge is -2.00. The highest BCUT2D eigenvalue weighted by Crippen LogP contribution is 2.19. The van der Waals surface area contributed by atoms with Gasteiger partial charge >= 0.3 is 0 Å². The summed E-state index contributed by atoms with van der Waals surface area (Å²) < 4.78 is 17.9. The van der Waals surface area contributed by atoms with Gasteiger partial charge in [-0.25, -0.2) is 4.98 Å². The first-order valence-corrected chi connectivity index (χ1v) is 4.89. The van der Waals surface area contributed by atoms with Crippen molar-refractivity contribution in [2.24, 2.45) is 0 Å². The highest BCUT2D eigenvalue weighted by atomic mass is 32.1. The molecule has 2 heterocycles. The zero-order chi connectivity index (χ0) is 10.7. The lowest BCUT2D eigenvalue weighted by molar-refractivity contribution is 0.295. The molecule has 0 spiro atoms. The third-order valence-corrected chi connectivity index (χ3v) is 2.20. The molecule has 0 amide bonds. The summed E-state index contributed by atoms with van der Waals surface area (Å²) in [5.41, 5.74) is 5.85. The minimum Gasteiger partial charge on any atom is -0.462 e. The molecular formula is C8H7FN4OS. The monoisotopic (exact) mass is 226 g/mol. The second kappa shape index (κ2) is 4.18. The second-order valence-corrected chi connectivity index (χ2v) is 3.62. The first kappa shape index (κ1) is 9.78. The SMILES string of the molecule is Nc1nnc(OCc2cccc(F)n2)s1. The number of rotatable bonds is 3. The molecule has 0 atom stereocenters. The number of hydrogen-bond donors (Lipinski definition) is 1. The maximum absolute atomic E-state index is 12.7. The van der Waals surface area contributed by atoms with E-state index in [-0.39, 0.29) is 6.61 Å². The molecule has 5 nitrogen and oxygen atoms in total. The predicted molar refractivity (Wildman–Crippen MR) is 52.8 cm³/mol. The molecule has 2 rings (SSSR count). The molecule has 0 bridgehead atoms. The van der Waals surface area contributed by atoms with E-state index < -0.39 is 5.95 Å². The summed E-state index contributed by atoms with van der Waals surface area (Å²) in [6, 6.07) is 4.50. The third-order valence-electron chi connectivity index (χ3n) is 1.54. The molecule has 0 saturated carbocycles. The van der Waals surface area contributed by atoms with Gasteiger partial charge in [-0.1, -0.05) is 11.2 Å². The lowest BCUT2D eigenvalue weighted by atomic mass is 10.4. The first-order valence-electron chi connectivity index (χ1n) is 4.07. The van der Waals surface area contributed by atoms with E-state index in [9.17, 15) is 4.39 Å². The van der Waals surface area contributed by atoms with Crippen LogP contribution in [0, 0.1) is 5.95 Å². The zero-order valence-electron chi connectivity index (χ0n) is 7.55. The van der Waals surface area contributed by atoms with Gasteiger partial charge in [0.05, 0.1) is 5.69 Å². The Morgan fingerprint density at radius 3 is 2.93 bits per heavy atom. The molecule has 0 unspecified atom stereocenters. The van der Waals surface area contributed by atoms with Crippen LogP contribution in [0.5, 0.6) is 5.19 Å². The quantitative estimate of drug-likeness (QED) is 0.797. The van der Waals surface area contributed by atoms with Gasteiger partial charge in [0.2, 0.25) is 11.1 Å². The summed E-state index contributed by atoms with van der Waals surface area (Å²) in [4.78, 5) is 3.63. The van der Waals surface area contributed by atoms with E-state index >= 15 is 0 Å². The number of nitrogen functional groups attached to an aromatic ring is 1. The molecule has 2 N–H and O–H groups in total. The number of halogens is 1. The van der Waals surface area contributed by atoms with Crippen LogP contribution in [-0.2, 0) is 6.61 Å². The van der Waals surface area contributed by atoms with Crippen molar-refractivity contribution in [3.8, 4) is 5.19 Å². The molecular weight excluding hydrogens is 219 g/mol. The fraction of sp³-hybridized carbons (Fsp3) is 0.125. The molecule has 2 aromatic heterocycles. The minimum absolute atomic E-state index is 0.145. The van der Waals surface area contributed by atoms with E-state index in [1.807, 2.05) is 0 Å². The Morgan fingerprint density at radius 2 is 2.27 bits per heavy atom. The summed E-state index contributed by atoms with van der Waals surface area (Å²) in [7, 11) is 0. The highest BCUT2D eigenvalue weighted by molar-refractivity contribution is 7.16. The van der Waals surface area contributed by atoms with Crippen LogP contribution in [0.2, 0.25) is 0 Å². The van der Waals surface area contributed by atoms with E-state index in [0.29, 0.717) is 16.0 Å². The molecule has 0 saturated heterocycles. The van der Waals surface area contributed by atoms with Crippen molar-refractivity contribution in [1.29, 1.82) is 0 Å². The maximum Gasteiger partial charge on any atom is 0.296 e. The van der Waals surface area contributed by atoms with Crippen LogP contribution in [0.25, 0.3) is 0 Å². The van der Waals surface area contributed by atoms with Crippen LogP contribution < -0.4 is 10.5 Å². The Kier molecular flexibility index (Phi) is 2.72. The second-order valence-electron chi connectivity index (χ2n) is 2.65. The van der Waals surface area contributed by atoms with Gasteiger partial charge in [0.25, 0.3) is 5.19 Å². The van der Waals surface area contributed by atoms with Crippen molar-refractivity contribution in [2.75, 3.05) is 5.73 Å². The van der Waals surface area contributed by atoms with Gasteiger partial charge in [0.1, 0.15) is 6.61 Å². The van der Waals surface area contributed by atoms with Crippen LogP contribution >= 0.6 is 11.3 Å². The number of ether oxygens (including phenoxy) is 1. The van der Waals surface area contributed by atoms with E-state index in [4.69, 9.17) is 10.5 Å². The van der Waals surface area contributed by atoms with E-state index in [0.717, 1.165) is 11.3 Å². The third kappa shape index (κ3) is 2.59. The number of aromatic nitrogens is 3. The van der Waals surface area contributed by atoms with E-state index in [1.165, 1.54) is 6.07 Å². The van der Waals surface area contributed by atoms with Gasteiger partial charge in [-0.05, 0) is 23.5 Å². The summed E-state index contributed by atoms with van der Waals surface area (Å²) in [5.74, 6) is -0.534. The van der Waals surface area contributed by atoms with Gasteiger partial charge in [-0.15, -0.1) is 5.10 Å². The molecule has 2 aromatic rings. The fourth-order valence-electron chi connectivity index (χ4n) is 0.945. The number of pyridine rings is 1. The molecule has 0 radical (unpaired) electrons. The normalized spacial score (nSPS) is 10.2. The highest BCUT2D eigenvalue weighted by Gasteiger charge is 2.03. The van der Waals surface area contributed by atoms with Crippen LogP contribution in [0.4, 0.5) is 9.52 Å². The average molecular weight is 226 g/mol. The molecule has 7 heteroatoms. The Balaban J connectivity index is 1.99. The minimum atomic E-state index is -0.534. The van der Waals surface area contributed by atoms with Crippen molar-refractivity contribution in [1.82, 2.24) is 15.2 Å². The van der Waals surface area contributed by atoms with Gasteiger partial charge in [-0.2, -0.15) is 4.39 Å². The van der Waals surface area contributed by atoms with Crippen LogP contribution in [0.15, 0.2) is 18.2 Å². The van der Waals surface area contributed by atoms with Gasteiger partial charge in [0, 0.05) is 0 Å². The number of anilines is 1. The van der Waals surface area contributed by atoms with Crippen LogP contribution in [-0.4, -0.2) is 15.2 Å². The van der Waals surface area contributed by atoms with Crippen molar-refractivity contribution in [3.05, 3.63) is 29.8 Å². The van der Waals surface area contributed by atoms with E-state index in [1.54, 1.807) is 12.1 Å². The number of nitrogens with two attached hydrogens (primary N) is 1. The topological polar surface area (TPSA) is 73.9 Å². The smallest absolute Gasteiger partial charge is 0.296 e. The van der Waals surface area contributed by atoms with Crippen molar-refractivity contribution in [3.63, 3.8) is 0 Å².